The first-order chi connectivity index (χ1) is 11.7. The summed E-state index contributed by atoms with van der Waals surface area (Å²) in [5.41, 5.74) is -0.365. The summed E-state index contributed by atoms with van der Waals surface area (Å²) in [6.45, 7) is 2.64. The maximum atomic E-state index is 12.4. The predicted octanol–water partition coefficient (Wildman–Crippen LogP) is 1.93. The van der Waals surface area contributed by atoms with Gasteiger partial charge < -0.3 is 14.8 Å². The van der Waals surface area contributed by atoms with E-state index in [1.54, 1.807) is 13.3 Å². The number of aromatic nitrogens is 1. The molecule has 1 aromatic heterocycles. The number of likely N-dealkylation sites (tertiary alicyclic amines) is 1. The Balaban J connectivity index is 1.60. The zero-order valence-electron chi connectivity index (χ0n) is 14.5. The third kappa shape index (κ3) is 3.39. The summed E-state index contributed by atoms with van der Waals surface area (Å²) >= 11 is 0. The lowest BCUT2D eigenvalue weighted by Crippen LogP contribution is -2.61. The van der Waals surface area contributed by atoms with E-state index in [2.05, 4.69) is 15.2 Å². The molecule has 1 saturated heterocycles. The molecule has 2 aliphatic rings. The highest BCUT2D eigenvalue weighted by molar-refractivity contribution is 5.77. The van der Waals surface area contributed by atoms with Gasteiger partial charge in [-0.25, -0.2) is 4.98 Å². The lowest BCUT2D eigenvalue weighted by Gasteiger charge is -2.48. The molecule has 0 aromatic carbocycles. The second-order valence-electron chi connectivity index (χ2n) is 6.79. The number of nitrogens with zero attached hydrogens (tertiary/aromatic N) is 2. The molecular weight excluding hydrogens is 306 g/mol. The van der Waals surface area contributed by atoms with Crippen LogP contribution in [0.5, 0.6) is 0 Å². The molecule has 3 rings (SSSR count). The van der Waals surface area contributed by atoms with Crippen molar-refractivity contribution in [3.05, 3.63) is 24.4 Å². The molecule has 0 amide bonds. The molecule has 1 N–H and O–H groups in total. The molecule has 0 bridgehead atoms. The Morgan fingerprint density at radius 2 is 2.29 bits per heavy atom. The monoisotopic (exact) mass is 333 g/mol. The van der Waals surface area contributed by atoms with Gasteiger partial charge in [0.15, 0.2) is 0 Å². The number of pyridine rings is 1. The molecule has 1 saturated carbocycles. The minimum absolute atomic E-state index is 0.171. The number of esters is 1. The number of ether oxygens (including phenoxy) is 2. The Morgan fingerprint density at radius 1 is 1.46 bits per heavy atom. The van der Waals surface area contributed by atoms with Crippen LogP contribution in [0.15, 0.2) is 24.4 Å². The number of methoxy groups -OCH3 is 2. The first kappa shape index (κ1) is 17.2. The summed E-state index contributed by atoms with van der Waals surface area (Å²) in [6.07, 6.45) is 5.82. The highest BCUT2D eigenvalue weighted by Gasteiger charge is 2.52. The van der Waals surface area contributed by atoms with E-state index in [1.165, 1.54) is 7.11 Å². The van der Waals surface area contributed by atoms with Crippen LogP contribution in [-0.2, 0) is 14.3 Å². The van der Waals surface area contributed by atoms with E-state index in [0.717, 1.165) is 51.1 Å². The highest BCUT2D eigenvalue weighted by Crippen LogP contribution is 2.42. The van der Waals surface area contributed by atoms with Crippen molar-refractivity contribution < 1.29 is 14.3 Å². The Morgan fingerprint density at radius 3 is 2.88 bits per heavy atom. The molecule has 1 aromatic rings. The fourth-order valence-corrected chi connectivity index (χ4v) is 3.90. The molecule has 1 aliphatic heterocycles. The van der Waals surface area contributed by atoms with Crippen LogP contribution in [0.3, 0.4) is 0 Å². The van der Waals surface area contributed by atoms with Crippen molar-refractivity contribution in [2.75, 3.05) is 39.2 Å². The summed E-state index contributed by atoms with van der Waals surface area (Å²) in [5.74, 6) is 1.22. The van der Waals surface area contributed by atoms with Crippen LogP contribution in [0.25, 0.3) is 0 Å². The van der Waals surface area contributed by atoms with Crippen molar-refractivity contribution in [2.24, 2.45) is 5.92 Å². The van der Waals surface area contributed by atoms with E-state index >= 15 is 0 Å². The number of rotatable bonds is 7. The molecule has 132 valence electrons. The highest BCUT2D eigenvalue weighted by atomic mass is 16.5. The summed E-state index contributed by atoms with van der Waals surface area (Å²) in [4.78, 5) is 19.0. The van der Waals surface area contributed by atoms with Crippen molar-refractivity contribution in [2.45, 2.75) is 37.3 Å². The lowest BCUT2D eigenvalue weighted by atomic mass is 9.73. The number of carbonyl (C=O) groups is 1. The van der Waals surface area contributed by atoms with Crippen LogP contribution in [0.4, 0.5) is 5.82 Å². The summed E-state index contributed by atoms with van der Waals surface area (Å²) < 4.78 is 10.9. The fraction of sp³-hybridized carbons (Fsp3) is 0.667. The summed E-state index contributed by atoms with van der Waals surface area (Å²) in [7, 11) is 3.18. The van der Waals surface area contributed by atoms with Crippen molar-refractivity contribution in [1.82, 2.24) is 9.88 Å². The van der Waals surface area contributed by atoms with Crippen LogP contribution >= 0.6 is 0 Å². The number of carbonyl (C=O) groups excluding carboxylic acids is 1. The van der Waals surface area contributed by atoms with Crippen molar-refractivity contribution >= 4 is 11.8 Å². The first-order valence-electron chi connectivity index (χ1n) is 8.70. The number of hydrogen-bond acceptors (Lipinski definition) is 6. The normalized spacial score (nSPS) is 24.2. The van der Waals surface area contributed by atoms with Crippen LogP contribution < -0.4 is 5.32 Å². The van der Waals surface area contributed by atoms with Crippen LogP contribution in [0, 0.1) is 5.92 Å². The second-order valence-corrected chi connectivity index (χ2v) is 6.79. The molecule has 0 radical (unpaired) electrons. The third-order valence-electron chi connectivity index (χ3n) is 5.45. The van der Waals surface area contributed by atoms with Gasteiger partial charge in [0.2, 0.25) is 0 Å². The number of hydrogen-bond donors (Lipinski definition) is 1. The maximum Gasteiger partial charge on any atom is 0.326 e. The quantitative estimate of drug-likeness (QED) is 0.769. The van der Waals surface area contributed by atoms with Gasteiger partial charge in [0, 0.05) is 26.4 Å². The lowest BCUT2D eigenvalue weighted by molar-refractivity contribution is -0.173. The zero-order valence-corrected chi connectivity index (χ0v) is 14.5. The van der Waals surface area contributed by atoms with Gasteiger partial charge in [-0.1, -0.05) is 6.07 Å². The van der Waals surface area contributed by atoms with Crippen LogP contribution in [0.1, 0.15) is 25.7 Å². The van der Waals surface area contributed by atoms with Crippen LogP contribution in [0.2, 0.25) is 0 Å². The molecule has 0 spiro atoms. The van der Waals surface area contributed by atoms with Crippen molar-refractivity contribution in [1.29, 1.82) is 0 Å². The van der Waals surface area contributed by atoms with Gasteiger partial charge in [0.1, 0.15) is 11.9 Å². The number of anilines is 1. The maximum absolute atomic E-state index is 12.4. The third-order valence-corrected chi connectivity index (χ3v) is 5.45. The first-order valence-corrected chi connectivity index (χ1v) is 8.70. The van der Waals surface area contributed by atoms with Crippen molar-refractivity contribution in [3.63, 3.8) is 0 Å². The van der Waals surface area contributed by atoms with Crippen LogP contribution in [-0.4, -0.2) is 61.3 Å². The SMILES string of the molecule is COC(=O)[C@@H](N1CC[C@@H](CNc2ccccn2)C1)C1(OC)CCC1. The van der Waals surface area contributed by atoms with Gasteiger partial charge in [0.05, 0.1) is 12.7 Å². The average molecular weight is 333 g/mol. The Hall–Kier alpha value is -1.66. The van der Waals surface area contributed by atoms with E-state index in [0.29, 0.717) is 5.92 Å². The Kier molecular flexibility index (Phi) is 5.36. The molecule has 6 heteroatoms. The topological polar surface area (TPSA) is 63.7 Å². The van der Waals surface area contributed by atoms with Gasteiger partial charge in [-0.3, -0.25) is 9.69 Å². The second kappa shape index (κ2) is 7.49. The van der Waals surface area contributed by atoms with E-state index in [4.69, 9.17) is 9.47 Å². The molecule has 2 heterocycles. The fourth-order valence-electron chi connectivity index (χ4n) is 3.90. The van der Waals surface area contributed by atoms with Gasteiger partial charge in [-0.2, -0.15) is 0 Å². The number of nitrogens with one attached hydrogen (secondary N) is 1. The smallest absolute Gasteiger partial charge is 0.326 e. The molecule has 1 aliphatic carbocycles. The van der Waals surface area contributed by atoms with E-state index in [1.807, 2.05) is 18.2 Å². The van der Waals surface area contributed by atoms with E-state index < -0.39 is 0 Å². The molecule has 24 heavy (non-hydrogen) atoms. The van der Waals surface area contributed by atoms with E-state index in [-0.39, 0.29) is 17.6 Å². The predicted molar refractivity (Wildman–Crippen MR) is 91.8 cm³/mol. The zero-order chi connectivity index (χ0) is 17.0. The van der Waals surface area contributed by atoms with Gasteiger partial charge in [0.25, 0.3) is 0 Å². The van der Waals surface area contributed by atoms with Gasteiger partial charge in [-0.15, -0.1) is 0 Å². The Labute approximate surface area is 143 Å². The van der Waals surface area contributed by atoms with Crippen molar-refractivity contribution in [3.8, 4) is 0 Å². The molecule has 2 fully saturated rings. The average Bonchev–Trinajstić information content (AvgIpc) is 3.04. The summed E-state index contributed by atoms with van der Waals surface area (Å²) in [6, 6.07) is 5.56. The van der Waals surface area contributed by atoms with E-state index in [9.17, 15) is 4.79 Å². The largest absolute Gasteiger partial charge is 0.468 e. The Bertz CT molecular complexity index is 542. The molecule has 6 nitrogen and oxygen atoms in total. The summed E-state index contributed by atoms with van der Waals surface area (Å²) in [5, 5.41) is 3.38. The minimum Gasteiger partial charge on any atom is -0.468 e. The van der Waals surface area contributed by atoms with Gasteiger partial charge >= 0.3 is 5.97 Å². The molecule has 2 atom stereocenters. The molecular formula is C18H27N3O3. The minimum atomic E-state index is -0.365. The standard InChI is InChI=1S/C18H27N3O3/c1-23-17(22)16(18(24-2)8-5-9-18)21-11-7-14(13-21)12-20-15-6-3-4-10-19-15/h3-4,6,10,14,16H,5,7-9,11-13H2,1-2H3,(H,19,20)/t14-,16+/m0/s1. The molecule has 0 unspecified atom stereocenters. The van der Waals surface area contributed by atoms with Gasteiger partial charge in [-0.05, 0) is 50.3 Å².